The molecular weight excluding hydrogens is 224 g/mol. The largest absolute Gasteiger partial charge is 0.478 e. The van der Waals surface area contributed by atoms with Gasteiger partial charge in [-0.3, -0.25) is 0 Å². The van der Waals surface area contributed by atoms with Crippen LogP contribution in [0.5, 0.6) is 0 Å². The van der Waals surface area contributed by atoms with Crippen LogP contribution in [0.1, 0.15) is 30.7 Å². The minimum absolute atomic E-state index is 0.358. The summed E-state index contributed by atoms with van der Waals surface area (Å²) in [6.45, 7) is 0. The van der Waals surface area contributed by atoms with Crippen molar-refractivity contribution in [3.8, 4) is 0 Å². The van der Waals surface area contributed by atoms with E-state index in [0.29, 0.717) is 17.9 Å². The molecule has 1 unspecified atom stereocenters. The normalized spacial score (nSPS) is 20.3. The first-order valence-corrected chi connectivity index (χ1v) is 5.73. The summed E-state index contributed by atoms with van der Waals surface area (Å²) in [5.74, 6) is -0.436. The average molecular weight is 237 g/mol. The zero-order valence-electron chi connectivity index (χ0n) is 8.82. The van der Waals surface area contributed by atoms with Gasteiger partial charge in [0.15, 0.2) is 0 Å². The van der Waals surface area contributed by atoms with Crippen LogP contribution < -0.4 is 0 Å². The molecule has 0 aromatic heterocycles. The smallest absolute Gasteiger partial charge is 0.331 e. The number of rotatable bonds is 2. The van der Waals surface area contributed by atoms with Crippen LogP contribution in [0.25, 0.3) is 0 Å². The molecule has 0 amide bonds. The van der Waals surface area contributed by atoms with Crippen molar-refractivity contribution in [2.24, 2.45) is 0 Å². The molecule has 84 valence electrons. The van der Waals surface area contributed by atoms with Crippen molar-refractivity contribution >= 4 is 17.6 Å². The zero-order chi connectivity index (χ0) is 11.5. The van der Waals surface area contributed by atoms with Crippen molar-refractivity contribution < 1.29 is 9.90 Å². The summed E-state index contributed by atoms with van der Waals surface area (Å²) < 4.78 is 0. The predicted octanol–water partition coefficient (Wildman–Crippen LogP) is 3.62. The molecule has 3 heteroatoms. The molecule has 1 aromatic carbocycles. The number of hydrogen-bond acceptors (Lipinski definition) is 1. The quantitative estimate of drug-likeness (QED) is 0.852. The summed E-state index contributed by atoms with van der Waals surface area (Å²) in [7, 11) is 0. The third-order valence-electron chi connectivity index (χ3n) is 3.03. The van der Waals surface area contributed by atoms with E-state index in [1.54, 1.807) is 0 Å². The Labute approximate surface area is 99.5 Å². The van der Waals surface area contributed by atoms with Crippen LogP contribution in [0.4, 0.5) is 0 Å². The van der Waals surface area contributed by atoms with Gasteiger partial charge in [0, 0.05) is 10.6 Å². The Morgan fingerprint density at radius 1 is 1.38 bits per heavy atom. The fourth-order valence-corrected chi connectivity index (χ4v) is 2.41. The number of allylic oxidation sites excluding steroid dienone is 1. The van der Waals surface area contributed by atoms with E-state index >= 15 is 0 Å². The molecule has 0 radical (unpaired) electrons. The highest BCUT2D eigenvalue weighted by molar-refractivity contribution is 6.31. The Hall–Kier alpha value is -1.28. The van der Waals surface area contributed by atoms with Crippen LogP contribution in [0.2, 0.25) is 5.02 Å². The van der Waals surface area contributed by atoms with E-state index in [2.05, 4.69) is 0 Å². The highest BCUT2D eigenvalue weighted by atomic mass is 35.5. The molecule has 0 aliphatic heterocycles. The van der Waals surface area contributed by atoms with Crippen molar-refractivity contribution in [1.82, 2.24) is 0 Å². The summed E-state index contributed by atoms with van der Waals surface area (Å²) in [5.41, 5.74) is 1.66. The monoisotopic (exact) mass is 236 g/mol. The molecule has 1 aliphatic carbocycles. The fraction of sp³-hybridized carbons (Fsp3) is 0.308. The Kier molecular flexibility index (Phi) is 3.30. The maximum Gasteiger partial charge on any atom is 0.331 e. The van der Waals surface area contributed by atoms with E-state index in [1.165, 1.54) is 0 Å². The summed E-state index contributed by atoms with van der Waals surface area (Å²) in [6.07, 6.45) is 4.08. The highest BCUT2D eigenvalue weighted by Gasteiger charge is 2.20. The number of carboxylic acids is 1. The van der Waals surface area contributed by atoms with Gasteiger partial charge in [-0.1, -0.05) is 35.9 Å². The lowest BCUT2D eigenvalue weighted by Crippen LogP contribution is -2.10. The van der Waals surface area contributed by atoms with E-state index in [-0.39, 0.29) is 0 Å². The number of hydrogen-bond donors (Lipinski definition) is 1. The van der Waals surface area contributed by atoms with Crippen molar-refractivity contribution in [2.75, 3.05) is 0 Å². The molecule has 1 N–H and O–H groups in total. The lowest BCUT2D eigenvalue weighted by Gasteiger charge is -2.21. The van der Waals surface area contributed by atoms with Crippen molar-refractivity contribution in [3.05, 3.63) is 46.5 Å². The molecule has 1 aliphatic rings. The second kappa shape index (κ2) is 4.71. The van der Waals surface area contributed by atoms with Gasteiger partial charge in [0.2, 0.25) is 0 Å². The molecule has 2 rings (SSSR count). The van der Waals surface area contributed by atoms with E-state index in [4.69, 9.17) is 16.7 Å². The summed E-state index contributed by atoms with van der Waals surface area (Å²) in [5, 5.41) is 9.63. The Morgan fingerprint density at radius 3 is 2.69 bits per heavy atom. The van der Waals surface area contributed by atoms with Gasteiger partial charge in [-0.05, 0) is 36.8 Å². The number of benzene rings is 1. The fourth-order valence-electron chi connectivity index (χ4n) is 2.12. The topological polar surface area (TPSA) is 37.3 Å². The van der Waals surface area contributed by atoms with Crippen LogP contribution in [-0.4, -0.2) is 11.1 Å². The molecule has 0 spiro atoms. The van der Waals surface area contributed by atoms with Crippen molar-refractivity contribution in [1.29, 1.82) is 0 Å². The van der Waals surface area contributed by atoms with Crippen LogP contribution in [0.3, 0.4) is 0 Å². The number of carbonyl (C=O) groups is 1. The van der Waals surface area contributed by atoms with Gasteiger partial charge in [0.1, 0.15) is 0 Å². The summed E-state index contributed by atoms with van der Waals surface area (Å²) in [6, 6.07) is 7.78. The second-order valence-corrected chi connectivity index (χ2v) is 4.43. The third kappa shape index (κ3) is 2.27. The molecule has 0 saturated carbocycles. The Morgan fingerprint density at radius 2 is 2.12 bits per heavy atom. The zero-order valence-corrected chi connectivity index (χ0v) is 9.57. The lowest BCUT2D eigenvalue weighted by molar-refractivity contribution is -0.132. The third-order valence-corrected chi connectivity index (χ3v) is 3.37. The van der Waals surface area contributed by atoms with Gasteiger partial charge >= 0.3 is 5.97 Å². The highest BCUT2D eigenvalue weighted by Crippen LogP contribution is 2.35. The van der Waals surface area contributed by atoms with Gasteiger partial charge in [-0.25, -0.2) is 4.79 Å². The molecule has 2 nitrogen and oxygen atoms in total. The molecule has 1 atom stereocenters. The minimum atomic E-state index is -0.794. The van der Waals surface area contributed by atoms with Crippen molar-refractivity contribution in [2.45, 2.75) is 25.2 Å². The second-order valence-electron chi connectivity index (χ2n) is 4.03. The van der Waals surface area contributed by atoms with E-state index in [1.807, 2.05) is 30.3 Å². The van der Waals surface area contributed by atoms with Crippen LogP contribution in [0, 0.1) is 0 Å². The lowest BCUT2D eigenvalue weighted by atomic mass is 9.84. The summed E-state index contributed by atoms with van der Waals surface area (Å²) in [4.78, 5) is 10.8. The van der Waals surface area contributed by atoms with Crippen LogP contribution in [0.15, 0.2) is 35.9 Å². The molecular formula is C13H13ClO2. The van der Waals surface area contributed by atoms with Crippen molar-refractivity contribution in [3.63, 3.8) is 0 Å². The Bertz CT molecular complexity index is 437. The number of aliphatic carboxylic acids is 1. The molecule has 0 bridgehead atoms. The van der Waals surface area contributed by atoms with Gasteiger partial charge < -0.3 is 5.11 Å². The van der Waals surface area contributed by atoms with Crippen LogP contribution >= 0.6 is 11.6 Å². The Balaban J connectivity index is 2.16. The molecule has 1 aromatic rings. The van der Waals surface area contributed by atoms with E-state index < -0.39 is 5.97 Å². The standard InChI is InChI=1S/C13H13ClO2/c14-12-4-2-1-3-11(12)9-5-7-10(8-6-9)13(15)16/h1-4,7,9H,5-6,8H2,(H,15,16). The van der Waals surface area contributed by atoms with E-state index in [9.17, 15) is 4.79 Å². The first-order valence-electron chi connectivity index (χ1n) is 5.35. The first kappa shape index (κ1) is 11.2. The van der Waals surface area contributed by atoms with Gasteiger partial charge in [-0.15, -0.1) is 0 Å². The minimum Gasteiger partial charge on any atom is -0.478 e. The SMILES string of the molecule is O=C(O)C1=CCC(c2ccccc2Cl)CC1. The molecule has 0 fully saturated rings. The predicted molar refractivity (Wildman–Crippen MR) is 63.8 cm³/mol. The maximum atomic E-state index is 10.8. The van der Waals surface area contributed by atoms with Crippen LogP contribution in [-0.2, 0) is 4.79 Å². The first-order chi connectivity index (χ1) is 7.68. The summed E-state index contributed by atoms with van der Waals surface area (Å²) >= 11 is 6.12. The molecule has 0 saturated heterocycles. The van der Waals surface area contributed by atoms with Gasteiger partial charge in [0.25, 0.3) is 0 Å². The average Bonchev–Trinajstić information content (AvgIpc) is 2.30. The van der Waals surface area contributed by atoms with Gasteiger partial charge in [0.05, 0.1) is 0 Å². The molecule has 0 heterocycles. The number of carboxylic acid groups (broad SMARTS) is 1. The number of halogens is 1. The van der Waals surface area contributed by atoms with E-state index in [0.717, 1.165) is 23.4 Å². The van der Waals surface area contributed by atoms with Gasteiger partial charge in [-0.2, -0.15) is 0 Å². The maximum absolute atomic E-state index is 10.8. The molecule has 16 heavy (non-hydrogen) atoms.